The molecule has 3 aromatic rings. The van der Waals surface area contributed by atoms with Gasteiger partial charge in [0.05, 0.1) is 30.6 Å². The third kappa shape index (κ3) is 5.24. The molecule has 0 saturated carbocycles. The lowest BCUT2D eigenvalue weighted by Crippen LogP contribution is -2.06. The number of aliphatic imine (C=N–C) groups is 1. The molecule has 34 heavy (non-hydrogen) atoms. The summed E-state index contributed by atoms with van der Waals surface area (Å²) < 4.78 is 55.0. The van der Waals surface area contributed by atoms with Gasteiger partial charge in [0.25, 0.3) is 0 Å². The van der Waals surface area contributed by atoms with Crippen LogP contribution in [-0.4, -0.2) is 68.1 Å². The largest absolute Gasteiger partial charge is 0.486 e. The number of benzene rings is 1. The van der Waals surface area contributed by atoms with Gasteiger partial charge < -0.3 is 24.0 Å². The number of aromatic nitrogens is 2. The molecule has 0 radical (unpaired) electrons. The lowest BCUT2D eigenvalue weighted by atomic mass is 10.2. The van der Waals surface area contributed by atoms with Crippen LogP contribution in [0.2, 0.25) is 0 Å². The standard InChI is InChI=1S/C22H22FN3O6S2/c1-30-7-8-31-21-19(23)17(32-14-3-4-18(24-11-14)34(2,28)29)10-13-9-16(26-20(13)21)22-25-12-15(33-22)5-6-27/h3-4,6,9-11,15,26H,5,7-8,12H2,1-2H3. The molecule has 2 aromatic heterocycles. The fourth-order valence-electron chi connectivity index (χ4n) is 3.32. The molecule has 0 saturated heterocycles. The first kappa shape index (κ1) is 24.2. The fraction of sp³-hybridized carbons (Fsp3) is 0.318. The van der Waals surface area contributed by atoms with Crippen molar-refractivity contribution in [3.8, 4) is 17.2 Å². The second-order valence-corrected chi connectivity index (χ2v) is 10.8. The SMILES string of the molecule is COCCOc1c(F)c(Oc2ccc(S(C)(=O)=O)nc2)cc2cc(C3=NCC(CC=O)S3)[nH]c12. The summed E-state index contributed by atoms with van der Waals surface area (Å²) in [4.78, 5) is 22.4. The van der Waals surface area contributed by atoms with Crippen LogP contribution in [0.4, 0.5) is 4.39 Å². The van der Waals surface area contributed by atoms with Crippen molar-refractivity contribution < 1.29 is 31.8 Å². The highest BCUT2D eigenvalue weighted by molar-refractivity contribution is 8.15. The van der Waals surface area contributed by atoms with Gasteiger partial charge in [-0.2, -0.15) is 4.39 Å². The molecule has 0 fully saturated rings. The Morgan fingerprint density at radius 3 is 2.79 bits per heavy atom. The van der Waals surface area contributed by atoms with Crippen LogP contribution in [0, 0.1) is 5.82 Å². The number of nitrogens with zero attached hydrogens (tertiary/aromatic N) is 2. The summed E-state index contributed by atoms with van der Waals surface area (Å²) in [7, 11) is -1.96. The minimum Gasteiger partial charge on any atom is -0.486 e. The third-order valence-corrected chi connectivity index (χ3v) is 7.18. The van der Waals surface area contributed by atoms with Gasteiger partial charge in [-0.3, -0.25) is 4.99 Å². The van der Waals surface area contributed by atoms with Gasteiger partial charge in [-0.05, 0) is 24.3 Å². The Morgan fingerprint density at radius 1 is 1.29 bits per heavy atom. The number of rotatable bonds is 10. The molecule has 1 aromatic carbocycles. The number of carbonyl (C=O) groups excluding carboxylic acids is 1. The van der Waals surface area contributed by atoms with Crippen LogP contribution in [0.15, 0.2) is 40.5 Å². The first-order valence-electron chi connectivity index (χ1n) is 10.3. The van der Waals surface area contributed by atoms with Crippen molar-refractivity contribution >= 4 is 43.8 Å². The van der Waals surface area contributed by atoms with Crippen molar-refractivity contribution in [3.05, 3.63) is 42.0 Å². The van der Waals surface area contributed by atoms with Crippen LogP contribution < -0.4 is 9.47 Å². The van der Waals surface area contributed by atoms with Crippen molar-refractivity contribution in [3.63, 3.8) is 0 Å². The Hall–Kier alpha value is -2.96. The van der Waals surface area contributed by atoms with E-state index in [0.717, 1.165) is 17.6 Å². The minimum atomic E-state index is -3.47. The van der Waals surface area contributed by atoms with E-state index in [0.29, 0.717) is 29.6 Å². The summed E-state index contributed by atoms with van der Waals surface area (Å²) in [6, 6.07) is 6.02. The lowest BCUT2D eigenvalue weighted by molar-refractivity contribution is -0.107. The Kier molecular flexibility index (Phi) is 7.19. The summed E-state index contributed by atoms with van der Waals surface area (Å²) in [6.45, 7) is 0.902. The van der Waals surface area contributed by atoms with Crippen LogP contribution in [0.1, 0.15) is 12.1 Å². The Balaban J connectivity index is 1.69. The molecule has 12 heteroatoms. The molecule has 0 aliphatic carbocycles. The number of pyridine rings is 1. The molecule has 0 spiro atoms. The van der Waals surface area contributed by atoms with Crippen LogP contribution in [-0.2, 0) is 19.4 Å². The Labute approximate surface area is 199 Å². The predicted octanol–water partition coefficient (Wildman–Crippen LogP) is 3.37. The van der Waals surface area contributed by atoms with E-state index in [1.54, 1.807) is 0 Å². The van der Waals surface area contributed by atoms with Crippen molar-refractivity contribution in [2.45, 2.75) is 16.7 Å². The van der Waals surface area contributed by atoms with Gasteiger partial charge >= 0.3 is 0 Å². The summed E-state index contributed by atoms with van der Waals surface area (Å²) in [5.74, 6) is -0.718. The number of methoxy groups -OCH3 is 1. The van der Waals surface area contributed by atoms with E-state index in [1.807, 2.05) is 6.07 Å². The first-order chi connectivity index (χ1) is 16.3. The number of H-pyrrole nitrogens is 1. The molecule has 1 aliphatic rings. The fourth-order valence-corrected chi connectivity index (χ4v) is 4.90. The van der Waals surface area contributed by atoms with E-state index in [2.05, 4.69) is 15.0 Å². The number of sulfone groups is 1. The number of hydrogen-bond acceptors (Lipinski definition) is 9. The molecule has 180 valence electrons. The van der Waals surface area contributed by atoms with E-state index < -0.39 is 15.7 Å². The lowest BCUT2D eigenvalue weighted by Gasteiger charge is -2.12. The molecule has 4 rings (SSSR count). The monoisotopic (exact) mass is 507 g/mol. The molecule has 3 heterocycles. The number of ether oxygens (including phenoxy) is 3. The van der Waals surface area contributed by atoms with E-state index in [1.165, 1.54) is 43.3 Å². The number of hydrogen-bond donors (Lipinski definition) is 1. The van der Waals surface area contributed by atoms with Crippen LogP contribution in [0.3, 0.4) is 0 Å². The quantitative estimate of drug-likeness (QED) is 0.328. The number of aromatic amines is 1. The number of thioether (sulfide) groups is 1. The highest BCUT2D eigenvalue weighted by atomic mass is 32.2. The zero-order chi connectivity index (χ0) is 24.3. The minimum absolute atomic E-state index is 0.0375. The van der Waals surface area contributed by atoms with Gasteiger partial charge in [-0.15, -0.1) is 0 Å². The van der Waals surface area contributed by atoms with Crippen molar-refractivity contribution in [2.24, 2.45) is 4.99 Å². The van der Waals surface area contributed by atoms with Crippen LogP contribution >= 0.6 is 11.8 Å². The Bertz CT molecular complexity index is 1340. The van der Waals surface area contributed by atoms with Gasteiger partial charge in [-0.1, -0.05) is 11.8 Å². The molecule has 9 nitrogen and oxygen atoms in total. The summed E-state index contributed by atoms with van der Waals surface area (Å²) in [5, 5.41) is 1.32. The van der Waals surface area contributed by atoms with Crippen LogP contribution in [0.25, 0.3) is 10.9 Å². The zero-order valence-corrected chi connectivity index (χ0v) is 20.0. The topological polar surface area (TPSA) is 120 Å². The molecule has 1 atom stereocenters. The van der Waals surface area contributed by atoms with E-state index in [9.17, 15) is 13.2 Å². The first-order valence-corrected chi connectivity index (χ1v) is 13.0. The smallest absolute Gasteiger partial charge is 0.209 e. The van der Waals surface area contributed by atoms with Gasteiger partial charge in [0.2, 0.25) is 5.82 Å². The molecule has 1 aliphatic heterocycles. The molecule has 1 unspecified atom stereocenters. The number of halogens is 1. The maximum absolute atomic E-state index is 15.4. The number of fused-ring (bicyclic) bond motifs is 1. The maximum atomic E-state index is 15.4. The highest BCUT2D eigenvalue weighted by Crippen LogP contribution is 2.39. The Morgan fingerprint density at radius 2 is 2.12 bits per heavy atom. The second-order valence-electron chi connectivity index (χ2n) is 7.50. The van der Waals surface area contributed by atoms with E-state index >= 15 is 4.39 Å². The summed E-state index contributed by atoms with van der Waals surface area (Å²) in [6.07, 6.45) is 3.54. The van der Waals surface area contributed by atoms with Gasteiger partial charge in [-0.25, -0.2) is 13.4 Å². The van der Waals surface area contributed by atoms with Crippen LogP contribution in [0.5, 0.6) is 17.2 Å². The molecular weight excluding hydrogens is 485 g/mol. The molecular formula is C22H22FN3O6S2. The highest BCUT2D eigenvalue weighted by Gasteiger charge is 2.24. The van der Waals surface area contributed by atoms with Gasteiger partial charge in [0.15, 0.2) is 26.4 Å². The zero-order valence-electron chi connectivity index (χ0n) is 18.4. The normalized spacial score (nSPS) is 16.0. The van der Waals surface area contributed by atoms with Gasteiger partial charge in [0, 0.05) is 30.4 Å². The average Bonchev–Trinajstić information content (AvgIpc) is 3.43. The number of aldehydes is 1. The molecule has 1 N–H and O–H groups in total. The average molecular weight is 508 g/mol. The molecule has 0 amide bonds. The van der Waals surface area contributed by atoms with Crippen molar-refractivity contribution in [2.75, 3.05) is 33.1 Å². The van der Waals surface area contributed by atoms with Gasteiger partial charge in [0.1, 0.15) is 23.7 Å². The maximum Gasteiger partial charge on any atom is 0.209 e. The third-order valence-electron chi connectivity index (χ3n) is 4.93. The number of nitrogens with one attached hydrogen (secondary N) is 1. The predicted molar refractivity (Wildman–Crippen MR) is 127 cm³/mol. The van der Waals surface area contributed by atoms with Crippen molar-refractivity contribution in [1.29, 1.82) is 0 Å². The summed E-state index contributed by atoms with van der Waals surface area (Å²) in [5.41, 5.74) is 1.12. The van der Waals surface area contributed by atoms with E-state index in [4.69, 9.17) is 14.2 Å². The van der Waals surface area contributed by atoms with Crippen molar-refractivity contribution in [1.82, 2.24) is 9.97 Å². The van der Waals surface area contributed by atoms with E-state index in [-0.39, 0.29) is 40.7 Å². The second kappa shape index (κ2) is 10.1. The summed E-state index contributed by atoms with van der Waals surface area (Å²) >= 11 is 1.49. The number of carbonyl (C=O) groups is 1. The molecule has 0 bridgehead atoms.